The molecule has 0 spiro atoms. The SMILES string of the molecule is COc1cc(S(=O)(=O)N(Cc2ccccn2)C[C@H]2CCCO2)ccc1-n1cnnn1. The van der Waals surface area contributed by atoms with Crippen molar-refractivity contribution in [3.05, 3.63) is 54.6 Å². The summed E-state index contributed by atoms with van der Waals surface area (Å²) in [6, 6.07) is 10.1. The fourth-order valence-electron chi connectivity index (χ4n) is 3.36. The van der Waals surface area contributed by atoms with Gasteiger partial charge in [-0.3, -0.25) is 4.98 Å². The third-order valence-electron chi connectivity index (χ3n) is 4.88. The lowest BCUT2D eigenvalue weighted by Gasteiger charge is -2.25. The van der Waals surface area contributed by atoms with Gasteiger partial charge in [0.15, 0.2) is 0 Å². The summed E-state index contributed by atoms with van der Waals surface area (Å²) >= 11 is 0. The quantitative estimate of drug-likeness (QED) is 0.528. The van der Waals surface area contributed by atoms with Gasteiger partial charge in [-0.15, -0.1) is 5.10 Å². The molecule has 11 heteroatoms. The average Bonchev–Trinajstić information content (AvgIpc) is 3.48. The summed E-state index contributed by atoms with van der Waals surface area (Å²) in [7, 11) is -2.36. The van der Waals surface area contributed by atoms with Crippen LogP contribution in [0.4, 0.5) is 0 Å². The Morgan fingerprint density at radius 1 is 1.30 bits per heavy atom. The lowest BCUT2D eigenvalue weighted by atomic mass is 10.2. The first-order chi connectivity index (χ1) is 14.6. The first-order valence-corrected chi connectivity index (χ1v) is 10.9. The molecule has 3 aromatic rings. The summed E-state index contributed by atoms with van der Waals surface area (Å²) in [6.45, 7) is 1.06. The van der Waals surface area contributed by atoms with Crippen molar-refractivity contribution in [2.75, 3.05) is 20.3 Å². The average molecular weight is 430 g/mol. The fraction of sp³-hybridized carbons (Fsp3) is 0.368. The van der Waals surface area contributed by atoms with E-state index in [9.17, 15) is 8.42 Å². The van der Waals surface area contributed by atoms with Crippen LogP contribution in [0.1, 0.15) is 18.5 Å². The molecule has 2 aromatic heterocycles. The highest BCUT2D eigenvalue weighted by Crippen LogP contribution is 2.28. The maximum atomic E-state index is 13.5. The number of nitrogens with zero attached hydrogens (tertiary/aromatic N) is 6. The van der Waals surface area contributed by atoms with E-state index in [1.54, 1.807) is 24.4 Å². The Morgan fingerprint density at radius 3 is 2.87 bits per heavy atom. The summed E-state index contributed by atoms with van der Waals surface area (Å²) in [5.41, 5.74) is 1.20. The summed E-state index contributed by atoms with van der Waals surface area (Å²) in [6.07, 6.45) is 4.69. The Bertz CT molecular complexity index is 1070. The van der Waals surface area contributed by atoms with Crippen LogP contribution in [0.5, 0.6) is 5.75 Å². The van der Waals surface area contributed by atoms with Crippen molar-refractivity contribution in [2.24, 2.45) is 0 Å². The topological polar surface area (TPSA) is 112 Å². The van der Waals surface area contributed by atoms with Crippen LogP contribution >= 0.6 is 0 Å². The van der Waals surface area contributed by atoms with Gasteiger partial charge in [-0.25, -0.2) is 8.42 Å². The van der Waals surface area contributed by atoms with Gasteiger partial charge in [0.1, 0.15) is 17.8 Å². The highest BCUT2D eigenvalue weighted by Gasteiger charge is 2.30. The molecule has 30 heavy (non-hydrogen) atoms. The highest BCUT2D eigenvalue weighted by molar-refractivity contribution is 7.89. The number of methoxy groups -OCH3 is 1. The van der Waals surface area contributed by atoms with Gasteiger partial charge in [-0.1, -0.05) is 6.07 Å². The number of tetrazole rings is 1. The van der Waals surface area contributed by atoms with Crippen LogP contribution in [-0.4, -0.2) is 64.3 Å². The van der Waals surface area contributed by atoms with Gasteiger partial charge in [-0.05, 0) is 47.5 Å². The van der Waals surface area contributed by atoms with Crippen LogP contribution in [0, 0.1) is 0 Å². The molecule has 1 aliphatic rings. The fourth-order valence-corrected chi connectivity index (χ4v) is 4.82. The van der Waals surface area contributed by atoms with Crippen LogP contribution in [0.25, 0.3) is 5.69 Å². The van der Waals surface area contributed by atoms with Crippen LogP contribution in [0.3, 0.4) is 0 Å². The van der Waals surface area contributed by atoms with Gasteiger partial charge in [0.25, 0.3) is 0 Å². The van der Waals surface area contributed by atoms with Crippen molar-refractivity contribution in [3.63, 3.8) is 0 Å². The minimum Gasteiger partial charge on any atom is -0.494 e. The number of pyridine rings is 1. The lowest BCUT2D eigenvalue weighted by molar-refractivity contribution is 0.0924. The molecule has 10 nitrogen and oxygen atoms in total. The third-order valence-corrected chi connectivity index (χ3v) is 6.69. The minimum atomic E-state index is -3.83. The summed E-state index contributed by atoms with van der Waals surface area (Å²) in [5, 5.41) is 11.1. The lowest BCUT2D eigenvalue weighted by Crippen LogP contribution is -2.37. The van der Waals surface area contributed by atoms with E-state index in [1.165, 1.54) is 34.6 Å². The molecule has 4 rings (SSSR count). The number of sulfonamides is 1. The second kappa shape index (κ2) is 8.86. The normalized spacial score (nSPS) is 16.8. The molecular formula is C19H22N6O4S. The standard InChI is InChI=1S/C19H22N6O4S/c1-28-19-11-17(7-8-18(19)25-14-21-22-23-25)30(26,27)24(13-16-6-4-10-29-16)12-15-5-2-3-9-20-15/h2-3,5,7-9,11,14,16H,4,6,10,12-13H2,1H3/t16-/m1/s1. The molecule has 1 aliphatic heterocycles. The Balaban J connectivity index is 1.68. The van der Waals surface area contributed by atoms with Gasteiger partial charge in [0.2, 0.25) is 10.0 Å². The molecule has 0 aliphatic carbocycles. The Morgan fingerprint density at radius 2 is 2.20 bits per heavy atom. The molecular weight excluding hydrogens is 408 g/mol. The van der Waals surface area contributed by atoms with Crippen molar-refractivity contribution >= 4 is 10.0 Å². The first-order valence-electron chi connectivity index (χ1n) is 9.51. The predicted octanol–water partition coefficient (Wildman–Crippen LogP) is 1.44. The van der Waals surface area contributed by atoms with E-state index in [2.05, 4.69) is 20.5 Å². The minimum absolute atomic E-state index is 0.116. The van der Waals surface area contributed by atoms with E-state index in [0.29, 0.717) is 23.7 Å². The Hall–Kier alpha value is -2.89. The molecule has 0 unspecified atom stereocenters. The highest BCUT2D eigenvalue weighted by atomic mass is 32.2. The number of hydrogen-bond donors (Lipinski definition) is 0. The van der Waals surface area contributed by atoms with Crippen LogP contribution < -0.4 is 4.74 Å². The van der Waals surface area contributed by atoms with Crippen LogP contribution in [0.2, 0.25) is 0 Å². The number of rotatable bonds is 8. The van der Waals surface area contributed by atoms with E-state index < -0.39 is 10.0 Å². The van der Waals surface area contributed by atoms with E-state index in [4.69, 9.17) is 9.47 Å². The van der Waals surface area contributed by atoms with E-state index >= 15 is 0 Å². The smallest absolute Gasteiger partial charge is 0.243 e. The van der Waals surface area contributed by atoms with Crippen molar-refractivity contribution in [2.45, 2.75) is 30.4 Å². The molecule has 0 amide bonds. The first kappa shape index (κ1) is 20.4. The number of hydrogen-bond acceptors (Lipinski definition) is 8. The third kappa shape index (κ3) is 4.32. The van der Waals surface area contributed by atoms with Crippen molar-refractivity contribution in [1.82, 2.24) is 29.5 Å². The van der Waals surface area contributed by atoms with Crippen molar-refractivity contribution in [1.29, 1.82) is 0 Å². The van der Waals surface area contributed by atoms with Crippen LogP contribution in [0.15, 0.2) is 53.8 Å². The zero-order chi connectivity index (χ0) is 21.0. The van der Waals surface area contributed by atoms with Gasteiger partial charge >= 0.3 is 0 Å². The maximum Gasteiger partial charge on any atom is 0.243 e. The molecule has 0 N–H and O–H groups in total. The summed E-state index contributed by atoms with van der Waals surface area (Å²) in [4.78, 5) is 4.40. The Labute approximate surface area is 174 Å². The molecule has 1 aromatic carbocycles. The molecule has 1 atom stereocenters. The summed E-state index contributed by atoms with van der Waals surface area (Å²) in [5.74, 6) is 0.346. The largest absolute Gasteiger partial charge is 0.494 e. The second-order valence-electron chi connectivity index (χ2n) is 6.84. The molecule has 1 fully saturated rings. The van der Waals surface area contributed by atoms with Gasteiger partial charge in [0, 0.05) is 25.4 Å². The van der Waals surface area contributed by atoms with Gasteiger partial charge < -0.3 is 9.47 Å². The molecule has 158 valence electrons. The zero-order valence-corrected chi connectivity index (χ0v) is 17.3. The molecule has 0 radical (unpaired) electrons. The van der Waals surface area contributed by atoms with E-state index in [1.807, 2.05) is 6.07 Å². The molecule has 0 saturated carbocycles. The van der Waals surface area contributed by atoms with E-state index in [0.717, 1.165) is 12.8 Å². The van der Waals surface area contributed by atoms with Crippen molar-refractivity contribution < 1.29 is 17.9 Å². The second-order valence-corrected chi connectivity index (χ2v) is 8.78. The number of aromatic nitrogens is 5. The van der Waals surface area contributed by atoms with E-state index in [-0.39, 0.29) is 24.1 Å². The zero-order valence-electron chi connectivity index (χ0n) is 16.5. The molecule has 3 heterocycles. The molecule has 1 saturated heterocycles. The Kier molecular flexibility index (Phi) is 6.02. The van der Waals surface area contributed by atoms with Crippen LogP contribution in [-0.2, 0) is 21.3 Å². The predicted molar refractivity (Wildman–Crippen MR) is 107 cm³/mol. The number of benzene rings is 1. The monoisotopic (exact) mass is 430 g/mol. The maximum absolute atomic E-state index is 13.5. The van der Waals surface area contributed by atoms with Crippen molar-refractivity contribution in [3.8, 4) is 11.4 Å². The van der Waals surface area contributed by atoms with Gasteiger partial charge in [0.05, 0.1) is 30.3 Å². The van der Waals surface area contributed by atoms with Gasteiger partial charge in [-0.2, -0.15) is 8.99 Å². The number of ether oxygens (including phenoxy) is 2. The molecule has 0 bridgehead atoms. The summed E-state index contributed by atoms with van der Waals surface area (Å²) < 4.78 is 41.0.